The first-order valence-electron chi connectivity index (χ1n) is 19.9. The zero-order valence-electron chi connectivity index (χ0n) is 31.3. The predicted octanol–water partition coefficient (Wildman–Crippen LogP) is 16.7. The van der Waals surface area contributed by atoms with Gasteiger partial charge in [-0.15, -0.1) is 11.3 Å². The molecule has 0 amide bonds. The lowest BCUT2D eigenvalue weighted by atomic mass is 9.83. The van der Waals surface area contributed by atoms with Crippen molar-refractivity contribution in [3.8, 4) is 33.4 Å². The Bertz CT molecular complexity index is 3800. The van der Waals surface area contributed by atoms with Crippen LogP contribution in [0.1, 0.15) is 0 Å². The van der Waals surface area contributed by atoms with Crippen molar-refractivity contribution in [1.29, 1.82) is 0 Å². The van der Waals surface area contributed by atoms with E-state index >= 15 is 0 Å². The molecule has 2 aromatic heterocycles. The topological polar surface area (TPSA) is 13.1 Å². The summed E-state index contributed by atoms with van der Waals surface area (Å²) in [5, 5.41) is 17.3. The van der Waals surface area contributed by atoms with Crippen LogP contribution < -0.4 is 0 Å². The second-order valence-corrected chi connectivity index (χ2v) is 16.5. The van der Waals surface area contributed by atoms with Crippen LogP contribution in [-0.4, -0.2) is 0 Å². The lowest BCUT2D eigenvalue weighted by Crippen LogP contribution is -1.93. The maximum absolute atomic E-state index is 6.79. The summed E-state index contributed by atoms with van der Waals surface area (Å²) >= 11 is 1.88. The summed E-state index contributed by atoms with van der Waals surface area (Å²) in [5.41, 5.74) is 9.41. The molecule has 13 rings (SSSR count). The number of rotatable bonds is 3. The van der Waals surface area contributed by atoms with Crippen molar-refractivity contribution < 1.29 is 4.42 Å². The standard InChI is InChI=1S/C56H32OS/c1-3-17-35-33(14-1)16-13-26-41(35)51-42-22-7-9-24-44(42)52(45-25-10-8-23-43(45)51)46-30-29-39(37-19-5-6-20-38(37)46)48-32-47-40-21-11-12-27-49(40)57-55(47)54-53-36-18-4-2-15-34(36)28-31-50(53)58-56(48)54/h1-32H. The molecule has 0 N–H and O–H groups in total. The Labute approximate surface area is 337 Å². The predicted molar refractivity (Wildman–Crippen MR) is 250 cm³/mol. The normalized spacial score (nSPS) is 12.1. The number of thiophene rings is 1. The monoisotopic (exact) mass is 752 g/mol. The van der Waals surface area contributed by atoms with Crippen LogP contribution in [0.3, 0.4) is 0 Å². The van der Waals surface area contributed by atoms with Gasteiger partial charge in [-0.1, -0.05) is 176 Å². The molecule has 268 valence electrons. The summed E-state index contributed by atoms with van der Waals surface area (Å²) in [7, 11) is 0. The van der Waals surface area contributed by atoms with E-state index in [0.29, 0.717) is 0 Å². The second-order valence-electron chi connectivity index (χ2n) is 15.4. The lowest BCUT2D eigenvalue weighted by Gasteiger charge is -2.20. The molecule has 1 nitrogen and oxygen atoms in total. The Kier molecular flexibility index (Phi) is 6.66. The maximum atomic E-state index is 6.79. The minimum Gasteiger partial charge on any atom is -0.455 e. The molecule has 0 aliphatic heterocycles. The SMILES string of the molecule is c1ccc2c(-c3c4ccccc4c(-c4ccc(-c5cc6c7ccccc7oc6c6c5sc5ccc7ccccc7c56)c5ccccc45)c4ccccc34)cccc2c1. The molecule has 2 heteroatoms. The first-order chi connectivity index (χ1) is 28.8. The minimum absolute atomic E-state index is 0.918. The van der Waals surface area contributed by atoms with Gasteiger partial charge in [-0.3, -0.25) is 0 Å². The number of furan rings is 1. The molecule has 0 fully saturated rings. The molecule has 0 saturated heterocycles. The third kappa shape index (κ3) is 4.41. The third-order valence-electron chi connectivity index (χ3n) is 12.4. The van der Waals surface area contributed by atoms with Crippen molar-refractivity contribution in [3.05, 3.63) is 194 Å². The average Bonchev–Trinajstić information content (AvgIpc) is 3.87. The molecule has 0 bridgehead atoms. The smallest absolute Gasteiger partial charge is 0.144 e. The Hall–Kier alpha value is -7.26. The van der Waals surface area contributed by atoms with E-state index in [0.717, 1.165) is 21.9 Å². The van der Waals surface area contributed by atoms with Crippen molar-refractivity contribution in [2.45, 2.75) is 0 Å². The van der Waals surface area contributed by atoms with Crippen LogP contribution in [-0.2, 0) is 0 Å². The molecule has 11 aromatic carbocycles. The van der Waals surface area contributed by atoms with E-state index in [9.17, 15) is 0 Å². The van der Waals surface area contributed by atoms with Crippen LogP contribution in [0.5, 0.6) is 0 Å². The van der Waals surface area contributed by atoms with Gasteiger partial charge >= 0.3 is 0 Å². The summed E-state index contributed by atoms with van der Waals surface area (Å²) in [6, 6.07) is 71.4. The highest BCUT2D eigenvalue weighted by atomic mass is 32.1. The highest BCUT2D eigenvalue weighted by molar-refractivity contribution is 7.26. The van der Waals surface area contributed by atoms with Crippen LogP contribution >= 0.6 is 11.3 Å². The van der Waals surface area contributed by atoms with Gasteiger partial charge in [0.2, 0.25) is 0 Å². The van der Waals surface area contributed by atoms with E-state index in [1.165, 1.54) is 107 Å². The van der Waals surface area contributed by atoms with E-state index < -0.39 is 0 Å². The maximum Gasteiger partial charge on any atom is 0.144 e. The average molecular weight is 753 g/mol. The Morgan fingerprint density at radius 1 is 0.310 bits per heavy atom. The first kappa shape index (κ1) is 31.9. The third-order valence-corrected chi connectivity index (χ3v) is 13.6. The van der Waals surface area contributed by atoms with Crippen molar-refractivity contribution >= 4 is 107 Å². The quantitative estimate of drug-likeness (QED) is 0.164. The molecule has 0 radical (unpaired) electrons. The lowest BCUT2D eigenvalue weighted by molar-refractivity contribution is 0.673. The molecule has 0 aliphatic carbocycles. The molecule has 13 aromatic rings. The van der Waals surface area contributed by atoms with Crippen molar-refractivity contribution in [1.82, 2.24) is 0 Å². The molecule has 2 heterocycles. The highest BCUT2D eigenvalue weighted by Gasteiger charge is 2.24. The molecule has 0 spiro atoms. The number of hydrogen-bond acceptors (Lipinski definition) is 2. The fourth-order valence-corrected chi connectivity index (χ4v) is 11.2. The van der Waals surface area contributed by atoms with Crippen LogP contribution in [0, 0.1) is 0 Å². The molecule has 0 aliphatic rings. The number of para-hydroxylation sites is 1. The fourth-order valence-electron chi connectivity index (χ4n) is 9.98. The van der Waals surface area contributed by atoms with Gasteiger partial charge < -0.3 is 4.42 Å². The summed E-state index contributed by atoms with van der Waals surface area (Å²) < 4.78 is 9.32. The van der Waals surface area contributed by atoms with Gasteiger partial charge in [0.15, 0.2) is 0 Å². The largest absolute Gasteiger partial charge is 0.455 e. The molecule has 0 unspecified atom stereocenters. The summed E-state index contributed by atoms with van der Waals surface area (Å²) in [5.74, 6) is 0. The Morgan fingerprint density at radius 2 is 0.810 bits per heavy atom. The van der Waals surface area contributed by atoms with Gasteiger partial charge in [0.1, 0.15) is 11.2 Å². The highest BCUT2D eigenvalue weighted by Crippen LogP contribution is 2.51. The summed E-state index contributed by atoms with van der Waals surface area (Å²) in [6.45, 7) is 0. The molecule has 0 saturated carbocycles. The zero-order valence-corrected chi connectivity index (χ0v) is 32.1. The van der Waals surface area contributed by atoms with E-state index in [1.54, 1.807) is 0 Å². The second kappa shape index (κ2) is 12.1. The van der Waals surface area contributed by atoms with Crippen molar-refractivity contribution in [2.24, 2.45) is 0 Å². The minimum atomic E-state index is 0.918. The van der Waals surface area contributed by atoms with Crippen molar-refractivity contribution in [2.75, 3.05) is 0 Å². The molecule has 58 heavy (non-hydrogen) atoms. The number of fused-ring (bicyclic) bond motifs is 13. The van der Waals surface area contributed by atoms with Gasteiger partial charge in [0.05, 0.1) is 0 Å². The molecular formula is C56H32OS. The molecule has 0 atom stereocenters. The van der Waals surface area contributed by atoms with Crippen LogP contribution in [0.25, 0.3) is 129 Å². The van der Waals surface area contributed by atoms with Gasteiger partial charge in [-0.2, -0.15) is 0 Å². The van der Waals surface area contributed by atoms with Crippen molar-refractivity contribution in [3.63, 3.8) is 0 Å². The Balaban J connectivity index is 1.14. The van der Waals surface area contributed by atoms with Crippen LogP contribution in [0.4, 0.5) is 0 Å². The van der Waals surface area contributed by atoms with E-state index in [2.05, 4.69) is 194 Å². The Morgan fingerprint density at radius 3 is 1.50 bits per heavy atom. The van der Waals surface area contributed by atoms with Gasteiger partial charge in [0, 0.05) is 36.5 Å². The van der Waals surface area contributed by atoms with E-state index in [1.807, 2.05) is 11.3 Å². The summed E-state index contributed by atoms with van der Waals surface area (Å²) in [6.07, 6.45) is 0. The zero-order chi connectivity index (χ0) is 37.9. The van der Waals surface area contributed by atoms with E-state index in [4.69, 9.17) is 4.42 Å². The number of benzene rings is 11. The van der Waals surface area contributed by atoms with Gasteiger partial charge in [-0.05, 0) is 99.9 Å². The fraction of sp³-hybridized carbons (Fsp3) is 0. The first-order valence-corrected chi connectivity index (χ1v) is 20.7. The van der Waals surface area contributed by atoms with Gasteiger partial charge in [-0.25, -0.2) is 0 Å². The van der Waals surface area contributed by atoms with Gasteiger partial charge in [0.25, 0.3) is 0 Å². The van der Waals surface area contributed by atoms with E-state index in [-0.39, 0.29) is 0 Å². The summed E-state index contributed by atoms with van der Waals surface area (Å²) in [4.78, 5) is 0. The van der Waals surface area contributed by atoms with Crippen LogP contribution in [0.2, 0.25) is 0 Å². The molecular weight excluding hydrogens is 721 g/mol. The van der Waals surface area contributed by atoms with Crippen LogP contribution in [0.15, 0.2) is 199 Å². The number of hydrogen-bond donors (Lipinski definition) is 0.